The molecule has 4 N–H and O–H groups in total. The van der Waals surface area contributed by atoms with Gasteiger partial charge in [-0.05, 0) is 42.8 Å². The molecule has 0 saturated heterocycles. The summed E-state index contributed by atoms with van der Waals surface area (Å²) < 4.78 is 5.13. The van der Waals surface area contributed by atoms with Crippen molar-refractivity contribution in [1.82, 2.24) is 5.32 Å². The van der Waals surface area contributed by atoms with Crippen molar-refractivity contribution < 1.29 is 19.1 Å². The summed E-state index contributed by atoms with van der Waals surface area (Å²) in [5, 5.41) is 5.11. The number of halogens is 2. The fraction of sp³-hybridized carbons (Fsp3) is 0.190. The fourth-order valence-electron chi connectivity index (χ4n) is 3.14. The van der Waals surface area contributed by atoms with E-state index in [2.05, 4.69) is 10.6 Å². The molecule has 31 heavy (non-hydrogen) atoms. The first-order chi connectivity index (χ1) is 14.8. The minimum absolute atomic E-state index is 0.159. The van der Waals surface area contributed by atoms with Crippen LogP contribution in [0.4, 0.5) is 10.5 Å². The van der Waals surface area contributed by atoms with Gasteiger partial charge < -0.3 is 15.8 Å². The molecule has 162 valence electrons. The van der Waals surface area contributed by atoms with Gasteiger partial charge >= 0.3 is 12.0 Å². The lowest BCUT2D eigenvalue weighted by molar-refractivity contribution is -0.138. The van der Waals surface area contributed by atoms with Crippen LogP contribution < -0.4 is 16.4 Å². The van der Waals surface area contributed by atoms with Crippen molar-refractivity contribution in [3.63, 3.8) is 0 Å². The van der Waals surface area contributed by atoms with Gasteiger partial charge in [-0.15, -0.1) is 0 Å². The van der Waals surface area contributed by atoms with E-state index in [-0.39, 0.29) is 17.2 Å². The molecule has 0 aromatic heterocycles. The molecule has 1 heterocycles. The van der Waals surface area contributed by atoms with Crippen molar-refractivity contribution in [2.24, 2.45) is 5.73 Å². The van der Waals surface area contributed by atoms with Crippen molar-refractivity contribution >= 4 is 58.6 Å². The second kappa shape index (κ2) is 10.1. The highest BCUT2D eigenvalue weighted by molar-refractivity contribution is 8.04. The van der Waals surface area contributed by atoms with E-state index in [1.165, 1.54) is 0 Å². The highest BCUT2D eigenvalue weighted by atomic mass is 35.5. The van der Waals surface area contributed by atoms with E-state index in [0.29, 0.717) is 21.3 Å². The molecule has 2 aromatic rings. The Balaban J connectivity index is 1.82. The normalized spacial score (nSPS) is 17.9. The lowest BCUT2D eigenvalue weighted by Crippen LogP contribution is -2.41. The summed E-state index contributed by atoms with van der Waals surface area (Å²) in [6.45, 7) is 1.84. The minimum atomic E-state index is -0.856. The molecule has 0 fully saturated rings. The molecule has 0 saturated carbocycles. The van der Waals surface area contributed by atoms with E-state index < -0.39 is 29.1 Å². The zero-order valence-electron chi connectivity index (χ0n) is 16.4. The Morgan fingerprint density at radius 1 is 1.10 bits per heavy atom. The van der Waals surface area contributed by atoms with E-state index in [4.69, 9.17) is 33.7 Å². The first kappa shape index (κ1) is 23.0. The molecule has 0 bridgehead atoms. The fourth-order valence-corrected chi connectivity index (χ4v) is 4.66. The Bertz CT molecular complexity index is 1040. The molecule has 1 aliphatic rings. The maximum atomic E-state index is 13.0. The first-order valence-electron chi connectivity index (χ1n) is 9.26. The number of hydrogen-bond donors (Lipinski definition) is 3. The van der Waals surface area contributed by atoms with Gasteiger partial charge in [0.05, 0.1) is 17.2 Å². The molecule has 0 radical (unpaired) electrons. The van der Waals surface area contributed by atoms with Crippen LogP contribution in [0.5, 0.6) is 0 Å². The maximum absolute atomic E-state index is 13.0. The molecule has 1 aliphatic heterocycles. The van der Waals surface area contributed by atoms with Gasteiger partial charge in [-0.25, -0.2) is 9.59 Å². The molecule has 3 rings (SSSR count). The number of hydrogen-bond acceptors (Lipinski definition) is 6. The number of thioether (sulfide) groups is 1. The molecule has 0 aliphatic carbocycles. The Morgan fingerprint density at radius 2 is 1.81 bits per heavy atom. The third-order valence-electron chi connectivity index (χ3n) is 4.44. The molecule has 3 amide bonds. The van der Waals surface area contributed by atoms with Crippen LogP contribution in [-0.2, 0) is 14.3 Å². The van der Waals surface area contributed by atoms with Gasteiger partial charge in [-0.1, -0.05) is 53.2 Å². The summed E-state index contributed by atoms with van der Waals surface area (Å²) >= 11 is 12.9. The average Bonchev–Trinajstić information content (AvgIpc) is 3.06. The molecule has 2 unspecified atom stereocenters. The Hall–Kier alpha value is -2.68. The Morgan fingerprint density at radius 3 is 2.45 bits per heavy atom. The molecule has 0 spiro atoms. The van der Waals surface area contributed by atoms with E-state index >= 15 is 0 Å². The predicted molar refractivity (Wildman–Crippen MR) is 122 cm³/mol. The van der Waals surface area contributed by atoms with Crippen LogP contribution in [0.15, 0.2) is 59.1 Å². The monoisotopic (exact) mass is 479 g/mol. The third kappa shape index (κ3) is 5.52. The Kier molecular flexibility index (Phi) is 7.48. The van der Waals surface area contributed by atoms with Gasteiger partial charge in [0, 0.05) is 21.7 Å². The van der Waals surface area contributed by atoms with Gasteiger partial charge in [-0.2, -0.15) is 0 Å². The number of benzene rings is 2. The number of rotatable bonds is 5. The summed E-state index contributed by atoms with van der Waals surface area (Å²) in [6.07, 6.45) is 0. The molecule has 10 heteroatoms. The quantitative estimate of drug-likeness (QED) is 0.552. The summed E-state index contributed by atoms with van der Waals surface area (Å²) in [6, 6.07) is 12.5. The predicted octanol–water partition coefficient (Wildman–Crippen LogP) is 4.27. The summed E-state index contributed by atoms with van der Waals surface area (Å²) in [5.41, 5.74) is 7.35. The number of ether oxygens (including phenoxy) is 1. The number of carbonyl (C=O) groups excluding carboxylic acids is 3. The molecule has 2 aromatic carbocycles. The van der Waals surface area contributed by atoms with Crippen molar-refractivity contribution in [3.05, 3.63) is 74.7 Å². The van der Waals surface area contributed by atoms with Gasteiger partial charge in [0.25, 0.3) is 0 Å². The number of urea groups is 1. The molecule has 7 nitrogen and oxygen atoms in total. The Labute approximate surface area is 193 Å². The second-order valence-corrected chi connectivity index (χ2v) is 8.58. The molecule has 2 atom stereocenters. The molecular formula is C21H19Cl2N3O4S. The standard InChI is InChI=1S/C21H19Cl2N3O4S/c1-2-30-20(28)16-15(11-6-8-12(22)9-7-11)17(31-18(16)24)19(27)26-21(29)25-14-5-3-4-13(23)10-14/h3-10,15,17H,2,24H2,1H3,(H2,25,26,27,29). The van der Waals surface area contributed by atoms with Crippen LogP contribution in [0.1, 0.15) is 18.4 Å². The average molecular weight is 480 g/mol. The number of anilines is 1. The number of imide groups is 1. The van der Waals surface area contributed by atoms with Crippen molar-refractivity contribution in [2.75, 3.05) is 11.9 Å². The van der Waals surface area contributed by atoms with Crippen LogP contribution in [0, 0.1) is 0 Å². The smallest absolute Gasteiger partial charge is 0.337 e. The highest BCUT2D eigenvalue weighted by Gasteiger charge is 2.44. The highest BCUT2D eigenvalue weighted by Crippen LogP contribution is 2.46. The lowest BCUT2D eigenvalue weighted by atomic mass is 9.88. The third-order valence-corrected chi connectivity index (χ3v) is 6.14. The lowest BCUT2D eigenvalue weighted by Gasteiger charge is -2.21. The van der Waals surface area contributed by atoms with Crippen LogP contribution in [0.25, 0.3) is 0 Å². The summed E-state index contributed by atoms with van der Waals surface area (Å²) in [4.78, 5) is 37.8. The number of carbonyl (C=O) groups is 3. The second-order valence-electron chi connectivity index (χ2n) is 6.52. The van der Waals surface area contributed by atoms with E-state index in [0.717, 1.165) is 11.8 Å². The number of amides is 3. The van der Waals surface area contributed by atoms with E-state index in [1.54, 1.807) is 55.5 Å². The summed E-state index contributed by atoms with van der Waals surface area (Å²) in [7, 11) is 0. The summed E-state index contributed by atoms with van der Waals surface area (Å²) in [5.74, 6) is -1.92. The topological polar surface area (TPSA) is 111 Å². The maximum Gasteiger partial charge on any atom is 0.337 e. The SMILES string of the molecule is CCOC(=O)C1=C(N)SC(C(=O)NC(=O)Nc2cccc(Cl)c2)C1c1ccc(Cl)cc1. The van der Waals surface area contributed by atoms with E-state index in [9.17, 15) is 14.4 Å². The zero-order valence-corrected chi connectivity index (χ0v) is 18.7. The van der Waals surface area contributed by atoms with Crippen LogP contribution in [0.3, 0.4) is 0 Å². The largest absolute Gasteiger partial charge is 0.463 e. The van der Waals surface area contributed by atoms with Gasteiger partial charge in [-0.3, -0.25) is 10.1 Å². The minimum Gasteiger partial charge on any atom is -0.463 e. The first-order valence-corrected chi connectivity index (χ1v) is 10.9. The number of nitrogens with two attached hydrogens (primary N) is 1. The van der Waals surface area contributed by atoms with Gasteiger partial charge in [0.1, 0.15) is 5.25 Å². The van der Waals surface area contributed by atoms with Crippen LogP contribution >= 0.6 is 35.0 Å². The zero-order chi connectivity index (χ0) is 22.5. The van der Waals surface area contributed by atoms with Crippen molar-refractivity contribution in [1.29, 1.82) is 0 Å². The number of nitrogens with one attached hydrogen (secondary N) is 2. The van der Waals surface area contributed by atoms with Gasteiger partial charge in [0.15, 0.2) is 0 Å². The number of esters is 1. The van der Waals surface area contributed by atoms with Crippen LogP contribution in [-0.4, -0.2) is 29.8 Å². The van der Waals surface area contributed by atoms with Crippen molar-refractivity contribution in [3.8, 4) is 0 Å². The van der Waals surface area contributed by atoms with Gasteiger partial charge in [0.2, 0.25) is 5.91 Å². The molecular weight excluding hydrogens is 461 g/mol. The van der Waals surface area contributed by atoms with Crippen LogP contribution in [0.2, 0.25) is 10.0 Å². The van der Waals surface area contributed by atoms with E-state index in [1.807, 2.05) is 0 Å². The van der Waals surface area contributed by atoms with Crippen molar-refractivity contribution in [2.45, 2.75) is 18.1 Å².